The number of nitrogens with one attached hydrogen (secondary N) is 1. The molecular weight excluding hydrogens is 430 g/mol. The fraction of sp³-hybridized carbons (Fsp3) is 0.583. The molecule has 1 spiro atoms. The zero-order chi connectivity index (χ0) is 22.3. The Labute approximate surface area is 193 Å². The van der Waals surface area contributed by atoms with Crippen LogP contribution in [0.3, 0.4) is 0 Å². The third-order valence-electron chi connectivity index (χ3n) is 7.39. The molecule has 0 saturated carbocycles. The van der Waals surface area contributed by atoms with Gasteiger partial charge < -0.3 is 24.3 Å². The van der Waals surface area contributed by atoms with Gasteiger partial charge in [0, 0.05) is 60.9 Å². The van der Waals surface area contributed by atoms with E-state index in [0.29, 0.717) is 56.0 Å². The lowest BCUT2D eigenvalue weighted by Gasteiger charge is -2.40. The Hall–Kier alpha value is -2.09. The van der Waals surface area contributed by atoms with Crippen LogP contribution in [0.1, 0.15) is 43.1 Å². The number of hydrogen-bond acceptors (Lipinski definition) is 4. The van der Waals surface area contributed by atoms with Crippen LogP contribution in [-0.4, -0.2) is 71.8 Å². The number of piperidine rings is 2. The van der Waals surface area contributed by atoms with Crippen LogP contribution in [0.15, 0.2) is 24.3 Å². The van der Waals surface area contributed by atoms with Crippen LogP contribution < -0.4 is 0 Å². The maximum Gasteiger partial charge on any atom is 0.270 e. The number of rotatable bonds is 3. The molecule has 0 aliphatic carbocycles. The molecule has 4 heterocycles. The summed E-state index contributed by atoms with van der Waals surface area (Å²) in [5, 5.41) is 1.59. The summed E-state index contributed by atoms with van der Waals surface area (Å²) in [7, 11) is 0. The molecule has 3 saturated heterocycles. The largest absolute Gasteiger partial charge is 0.351 e. The van der Waals surface area contributed by atoms with Gasteiger partial charge in [0.05, 0.1) is 13.2 Å². The first-order valence-corrected chi connectivity index (χ1v) is 12.0. The average molecular weight is 460 g/mol. The summed E-state index contributed by atoms with van der Waals surface area (Å²) in [6.07, 6.45) is 3.17. The Bertz CT molecular complexity index is 998. The number of nitrogens with zero attached hydrogens (tertiary/aromatic N) is 2. The van der Waals surface area contributed by atoms with E-state index >= 15 is 0 Å². The average Bonchev–Trinajstić information content (AvgIpc) is 3.45. The van der Waals surface area contributed by atoms with Gasteiger partial charge in [-0.3, -0.25) is 9.59 Å². The highest BCUT2D eigenvalue weighted by Crippen LogP contribution is 2.33. The minimum Gasteiger partial charge on any atom is -0.351 e. The van der Waals surface area contributed by atoms with E-state index in [2.05, 4.69) is 4.98 Å². The summed E-state index contributed by atoms with van der Waals surface area (Å²) >= 11 is 6.06. The number of carbonyl (C=O) groups excluding carboxylic acids is 2. The number of H-pyrrole nitrogens is 1. The molecule has 0 unspecified atom stereocenters. The first kappa shape index (κ1) is 21.7. The van der Waals surface area contributed by atoms with Gasteiger partial charge in [-0.15, -0.1) is 0 Å². The number of fused-ring (bicyclic) bond motifs is 1. The van der Waals surface area contributed by atoms with Gasteiger partial charge in [0.25, 0.3) is 5.91 Å². The second-order valence-electron chi connectivity index (χ2n) is 9.27. The van der Waals surface area contributed by atoms with Crippen LogP contribution in [-0.2, 0) is 14.3 Å². The monoisotopic (exact) mass is 459 g/mol. The van der Waals surface area contributed by atoms with Crippen molar-refractivity contribution in [1.82, 2.24) is 14.8 Å². The van der Waals surface area contributed by atoms with Crippen LogP contribution in [0, 0.1) is 11.8 Å². The predicted octanol–water partition coefficient (Wildman–Crippen LogP) is 3.68. The third kappa shape index (κ3) is 4.14. The summed E-state index contributed by atoms with van der Waals surface area (Å²) in [4.78, 5) is 33.2. The highest BCUT2D eigenvalue weighted by Gasteiger charge is 2.42. The Morgan fingerprint density at radius 1 is 1.06 bits per heavy atom. The number of benzene rings is 1. The number of carbonyl (C=O) groups is 2. The lowest BCUT2D eigenvalue weighted by atomic mass is 9.84. The van der Waals surface area contributed by atoms with E-state index in [1.54, 1.807) is 0 Å². The van der Waals surface area contributed by atoms with Crippen molar-refractivity contribution in [2.75, 3.05) is 39.4 Å². The molecule has 172 valence electrons. The lowest BCUT2D eigenvalue weighted by molar-refractivity contribution is -0.188. The molecule has 3 aliphatic rings. The smallest absolute Gasteiger partial charge is 0.270 e. The molecule has 1 atom stereocenters. The maximum atomic E-state index is 13.1. The zero-order valence-electron chi connectivity index (χ0n) is 18.4. The van der Waals surface area contributed by atoms with Crippen molar-refractivity contribution in [3.05, 3.63) is 35.0 Å². The molecule has 5 rings (SSSR count). The van der Waals surface area contributed by atoms with E-state index in [4.69, 9.17) is 21.1 Å². The van der Waals surface area contributed by atoms with E-state index in [1.165, 1.54) is 0 Å². The first-order chi connectivity index (χ1) is 15.4. The lowest BCUT2D eigenvalue weighted by Crippen LogP contribution is -2.50. The number of ether oxygens (including phenoxy) is 2. The Kier molecular flexibility index (Phi) is 5.90. The number of aromatic nitrogens is 1. The summed E-state index contributed by atoms with van der Waals surface area (Å²) in [6.45, 7) is 6.04. The number of hydrogen-bond donors (Lipinski definition) is 1. The molecule has 3 aliphatic heterocycles. The Morgan fingerprint density at radius 3 is 2.44 bits per heavy atom. The van der Waals surface area contributed by atoms with Crippen LogP contribution in [0.4, 0.5) is 0 Å². The van der Waals surface area contributed by atoms with Crippen LogP contribution in [0.5, 0.6) is 0 Å². The van der Waals surface area contributed by atoms with Crippen molar-refractivity contribution < 1.29 is 19.1 Å². The number of aromatic amines is 1. The highest BCUT2D eigenvalue weighted by atomic mass is 35.5. The van der Waals surface area contributed by atoms with Gasteiger partial charge in [-0.1, -0.05) is 18.5 Å². The third-order valence-corrected chi connectivity index (χ3v) is 7.62. The van der Waals surface area contributed by atoms with Crippen LogP contribution in [0.25, 0.3) is 10.9 Å². The van der Waals surface area contributed by atoms with Gasteiger partial charge in [-0.2, -0.15) is 0 Å². The zero-order valence-corrected chi connectivity index (χ0v) is 19.2. The summed E-state index contributed by atoms with van der Waals surface area (Å²) < 4.78 is 11.6. The topological polar surface area (TPSA) is 74.9 Å². The summed E-state index contributed by atoms with van der Waals surface area (Å²) in [5.41, 5.74) is 1.49. The number of likely N-dealkylation sites (tertiary alicyclic amines) is 2. The minimum atomic E-state index is -0.459. The molecule has 1 N–H and O–H groups in total. The summed E-state index contributed by atoms with van der Waals surface area (Å²) in [5.74, 6) is 0.0206. The van der Waals surface area contributed by atoms with E-state index < -0.39 is 5.79 Å². The van der Waals surface area contributed by atoms with Crippen molar-refractivity contribution in [2.24, 2.45) is 11.8 Å². The second-order valence-corrected chi connectivity index (χ2v) is 9.70. The van der Waals surface area contributed by atoms with E-state index in [1.807, 2.05) is 41.0 Å². The van der Waals surface area contributed by atoms with Crippen molar-refractivity contribution in [3.63, 3.8) is 0 Å². The maximum absolute atomic E-state index is 13.1. The van der Waals surface area contributed by atoms with Gasteiger partial charge >= 0.3 is 0 Å². The van der Waals surface area contributed by atoms with Gasteiger partial charge in [0.15, 0.2) is 5.79 Å². The second kappa shape index (κ2) is 8.69. The first-order valence-electron chi connectivity index (χ1n) is 11.6. The number of halogens is 1. The fourth-order valence-electron chi connectivity index (χ4n) is 5.33. The Morgan fingerprint density at radius 2 is 1.75 bits per heavy atom. The normalized spacial score (nSPS) is 22.6. The van der Waals surface area contributed by atoms with Crippen molar-refractivity contribution in [2.45, 2.75) is 38.4 Å². The van der Waals surface area contributed by atoms with Crippen LogP contribution in [0.2, 0.25) is 5.02 Å². The quantitative estimate of drug-likeness (QED) is 0.759. The molecule has 1 aromatic heterocycles. The molecule has 7 nitrogen and oxygen atoms in total. The van der Waals surface area contributed by atoms with Crippen molar-refractivity contribution in [1.29, 1.82) is 0 Å². The van der Waals surface area contributed by atoms with E-state index in [9.17, 15) is 9.59 Å². The SMILES string of the molecule is C[C@@H](C(=O)N1CCC2(CC1)OCCO2)C1CCN(C(=O)c2cc3cc(Cl)ccc3[nH]2)CC1. The molecule has 0 bridgehead atoms. The van der Waals surface area contributed by atoms with E-state index in [-0.39, 0.29) is 17.7 Å². The van der Waals surface area contributed by atoms with Gasteiger partial charge in [-0.25, -0.2) is 0 Å². The van der Waals surface area contributed by atoms with Crippen molar-refractivity contribution >= 4 is 34.3 Å². The molecule has 0 radical (unpaired) electrons. The molecular formula is C24H30ClN3O4. The molecule has 32 heavy (non-hydrogen) atoms. The van der Waals surface area contributed by atoms with E-state index in [0.717, 1.165) is 36.6 Å². The molecule has 3 fully saturated rings. The molecule has 2 amide bonds. The fourth-order valence-corrected chi connectivity index (χ4v) is 5.52. The predicted molar refractivity (Wildman–Crippen MR) is 122 cm³/mol. The van der Waals surface area contributed by atoms with Gasteiger partial charge in [0.2, 0.25) is 5.91 Å². The Balaban J connectivity index is 1.15. The molecule has 1 aromatic carbocycles. The van der Waals surface area contributed by atoms with Gasteiger partial charge in [0.1, 0.15) is 5.69 Å². The molecule has 2 aromatic rings. The minimum absolute atomic E-state index is 0.00708. The highest BCUT2D eigenvalue weighted by molar-refractivity contribution is 6.31. The standard InChI is InChI=1S/C24H30ClN3O4/c1-16(22(29)28-10-6-24(7-11-28)31-12-13-32-24)17-4-8-27(9-5-17)23(30)21-15-18-14-19(25)2-3-20(18)26-21/h2-3,14-17,26H,4-13H2,1H3/t16-/m1/s1. The number of amides is 2. The van der Waals surface area contributed by atoms with Gasteiger partial charge in [-0.05, 0) is 43.0 Å². The summed E-state index contributed by atoms with van der Waals surface area (Å²) in [6, 6.07) is 7.43. The van der Waals surface area contributed by atoms with Crippen molar-refractivity contribution in [3.8, 4) is 0 Å². The van der Waals surface area contributed by atoms with Crippen LogP contribution >= 0.6 is 11.6 Å². The molecule has 8 heteroatoms.